The van der Waals surface area contributed by atoms with Gasteiger partial charge in [0.05, 0.1) is 0 Å². The summed E-state index contributed by atoms with van der Waals surface area (Å²) in [5.41, 5.74) is -1.09. The van der Waals surface area contributed by atoms with Gasteiger partial charge in [0.25, 0.3) is 0 Å². The Labute approximate surface area is 124 Å². The van der Waals surface area contributed by atoms with E-state index in [0.717, 1.165) is 19.3 Å². The number of Topliss-reactive ketones (excluding diaryl/α,β-unsaturated/α-hetero) is 2. The number of rotatable bonds is 6. The first-order chi connectivity index (χ1) is 8.37. The lowest BCUT2D eigenvalue weighted by atomic mass is 9.72. The lowest BCUT2D eigenvalue weighted by Gasteiger charge is -2.36. The third-order valence-corrected chi connectivity index (χ3v) is 3.89. The van der Waals surface area contributed by atoms with Crippen molar-refractivity contribution in [3.8, 4) is 0 Å². The maximum atomic E-state index is 12.7. The van der Waals surface area contributed by atoms with Crippen molar-refractivity contribution in [2.24, 2.45) is 10.8 Å². The van der Waals surface area contributed by atoms with Crippen LogP contribution in [0.15, 0.2) is 0 Å². The Morgan fingerprint density at radius 1 is 0.842 bits per heavy atom. The fourth-order valence-electron chi connectivity index (χ4n) is 2.20. The molecule has 0 aliphatic carbocycles. The second-order valence-corrected chi connectivity index (χ2v) is 8.24. The van der Waals surface area contributed by atoms with Crippen molar-refractivity contribution in [3.63, 3.8) is 0 Å². The summed E-state index contributed by atoms with van der Waals surface area (Å²) < 4.78 is -1.15. The number of carbonyl (C=O) groups excluding carboxylic acids is 2. The number of carbonyl (C=O) groups is 2. The number of hydrogen-bond acceptors (Lipinski definition) is 3. The van der Waals surface area contributed by atoms with E-state index in [9.17, 15) is 9.59 Å². The molecule has 0 aliphatic heterocycles. The van der Waals surface area contributed by atoms with Crippen LogP contribution in [-0.2, 0) is 9.59 Å². The molecule has 19 heavy (non-hydrogen) atoms. The highest BCUT2D eigenvalue weighted by Crippen LogP contribution is 2.38. The minimum absolute atomic E-state index is 0.0561. The number of unbranched alkanes of at least 4 members (excludes halogenated alkanes) is 2. The van der Waals surface area contributed by atoms with Gasteiger partial charge in [0.15, 0.2) is 11.6 Å². The van der Waals surface area contributed by atoms with Gasteiger partial charge in [-0.15, -0.1) is 0 Å². The highest BCUT2D eigenvalue weighted by Gasteiger charge is 2.49. The normalized spacial score (nSPS) is 13.5. The molecule has 0 aromatic rings. The van der Waals surface area contributed by atoms with Gasteiger partial charge in [0, 0.05) is 10.8 Å². The summed E-state index contributed by atoms with van der Waals surface area (Å²) in [4.78, 5) is 25.3. The monoisotopic (exact) mass is 286 g/mol. The van der Waals surface area contributed by atoms with Gasteiger partial charge in [-0.2, -0.15) is 12.6 Å². The molecular weight excluding hydrogens is 256 g/mol. The first-order valence-corrected chi connectivity index (χ1v) is 7.64. The van der Waals surface area contributed by atoms with Crippen molar-refractivity contribution < 1.29 is 9.59 Å². The smallest absolute Gasteiger partial charge is 0.161 e. The number of hydrogen-bond donors (Lipinski definition) is 1. The second kappa shape index (κ2) is 6.43. The molecular formula is C16H30O2S. The van der Waals surface area contributed by atoms with Crippen LogP contribution in [0.1, 0.15) is 74.1 Å². The van der Waals surface area contributed by atoms with Gasteiger partial charge in [0.1, 0.15) is 4.75 Å². The van der Waals surface area contributed by atoms with Crippen LogP contribution in [0.5, 0.6) is 0 Å². The zero-order valence-electron chi connectivity index (χ0n) is 13.6. The minimum atomic E-state index is -1.15. The van der Waals surface area contributed by atoms with E-state index in [1.165, 1.54) is 0 Å². The summed E-state index contributed by atoms with van der Waals surface area (Å²) in [6.07, 6.45) is 3.49. The van der Waals surface area contributed by atoms with Crippen molar-refractivity contribution in [3.05, 3.63) is 0 Å². The van der Waals surface area contributed by atoms with Crippen LogP contribution < -0.4 is 0 Å². The Kier molecular flexibility index (Phi) is 6.32. The average molecular weight is 286 g/mol. The highest BCUT2D eigenvalue weighted by atomic mass is 32.1. The molecule has 0 aromatic carbocycles. The average Bonchev–Trinajstić information content (AvgIpc) is 2.24. The molecule has 0 saturated carbocycles. The molecule has 0 saturated heterocycles. The van der Waals surface area contributed by atoms with E-state index in [1.54, 1.807) is 0 Å². The topological polar surface area (TPSA) is 34.1 Å². The van der Waals surface area contributed by atoms with E-state index in [4.69, 9.17) is 0 Å². The minimum Gasteiger partial charge on any atom is -0.297 e. The fourth-order valence-corrected chi connectivity index (χ4v) is 3.03. The Morgan fingerprint density at radius 3 is 1.47 bits per heavy atom. The Balaban J connectivity index is 5.37. The molecule has 0 amide bonds. The summed E-state index contributed by atoms with van der Waals surface area (Å²) >= 11 is 4.57. The maximum Gasteiger partial charge on any atom is 0.161 e. The van der Waals surface area contributed by atoms with Crippen LogP contribution in [0.4, 0.5) is 0 Å². The molecule has 0 rings (SSSR count). The second-order valence-electron chi connectivity index (χ2n) is 7.48. The first-order valence-electron chi connectivity index (χ1n) is 7.19. The molecule has 0 spiro atoms. The lowest BCUT2D eigenvalue weighted by Crippen LogP contribution is -2.51. The van der Waals surface area contributed by atoms with Gasteiger partial charge in [-0.3, -0.25) is 9.59 Å². The van der Waals surface area contributed by atoms with Crippen LogP contribution in [-0.4, -0.2) is 16.3 Å². The molecule has 0 heterocycles. The fraction of sp³-hybridized carbons (Fsp3) is 0.875. The Morgan fingerprint density at radius 2 is 1.21 bits per heavy atom. The molecule has 0 aliphatic rings. The Bertz CT molecular complexity index is 306. The molecule has 0 aromatic heterocycles. The zero-order chi connectivity index (χ0) is 15.5. The molecule has 0 unspecified atom stereocenters. The molecule has 0 radical (unpaired) electrons. The van der Waals surface area contributed by atoms with E-state index in [1.807, 2.05) is 41.5 Å². The van der Waals surface area contributed by atoms with Gasteiger partial charge in [0.2, 0.25) is 0 Å². The van der Waals surface area contributed by atoms with Crippen LogP contribution in [0.25, 0.3) is 0 Å². The molecule has 0 N–H and O–H groups in total. The molecule has 0 fully saturated rings. The largest absolute Gasteiger partial charge is 0.297 e. The van der Waals surface area contributed by atoms with Gasteiger partial charge >= 0.3 is 0 Å². The molecule has 112 valence electrons. The summed E-state index contributed by atoms with van der Waals surface area (Å²) in [5, 5.41) is 0. The van der Waals surface area contributed by atoms with Gasteiger partial charge in [-0.1, -0.05) is 67.7 Å². The van der Waals surface area contributed by atoms with Crippen molar-refractivity contribution in [2.75, 3.05) is 0 Å². The van der Waals surface area contributed by atoms with Crippen LogP contribution in [0.3, 0.4) is 0 Å². The van der Waals surface area contributed by atoms with Crippen LogP contribution in [0, 0.1) is 10.8 Å². The summed E-state index contributed by atoms with van der Waals surface area (Å²) in [6.45, 7) is 13.3. The van der Waals surface area contributed by atoms with E-state index in [0.29, 0.717) is 6.42 Å². The lowest BCUT2D eigenvalue weighted by molar-refractivity contribution is -0.139. The predicted octanol–water partition coefficient (Wildman–Crippen LogP) is 4.47. The molecule has 3 heteroatoms. The van der Waals surface area contributed by atoms with Crippen molar-refractivity contribution in [1.29, 1.82) is 0 Å². The van der Waals surface area contributed by atoms with E-state index >= 15 is 0 Å². The van der Waals surface area contributed by atoms with Gasteiger partial charge in [-0.25, -0.2) is 0 Å². The SMILES string of the molecule is CCCCCC(S)(C(=O)C(C)(C)C)C(=O)C(C)(C)C. The summed E-state index contributed by atoms with van der Waals surface area (Å²) in [5.74, 6) is -0.112. The molecule has 2 nitrogen and oxygen atoms in total. The van der Waals surface area contributed by atoms with Crippen LogP contribution in [0.2, 0.25) is 0 Å². The predicted molar refractivity (Wildman–Crippen MR) is 84.8 cm³/mol. The maximum absolute atomic E-state index is 12.7. The summed E-state index contributed by atoms with van der Waals surface area (Å²) in [6, 6.07) is 0. The van der Waals surface area contributed by atoms with Gasteiger partial charge in [-0.05, 0) is 6.42 Å². The molecule has 0 atom stereocenters. The standard InChI is InChI=1S/C16H30O2S/c1-8-9-10-11-16(19,12(17)14(2,3)4)13(18)15(5,6)7/h19H,8-11H2,1-7H3. The van der Waals surface area contributed by atoms with Crippen molar-refractivity contribution in [2.45, 2.75) is 78.9 Å². The third kappa shape index (κ3) is 4.94. The van der Waals surface area contributed by atoms with Crippen LogP contribution >= 0.6 is 12.6 Å². The quantitative estimate of drug-likeness (QED) is 0.444. The van der Waals surface area contributed by atoms with Crippen molar-refractivity contribution in [1.82, 2.24) is 0 Å². The first kappa shape index (κ1) is 18.7. The number of thiol groups is 1. The van der Waals surface area contributed by atoms with E-state index in [2.05, 4.69) is 19.6 Å². The number of ketones is 2. The van der Waals surface area contributed by atoms with E-state index < -0.39 is 15.6 Å². The van der Waals surface area contributed by atoms with Gasteiger partial charge < -0.3 is 0 Å². The Hall–Kier alpha value is -0.310. The highest BCUT2D eigenvalue weighted by molar-refractivity contribution is 7.83. The van der Waals surface area contributed by atoms with E-state index in [-0.39, 0.29) is 11.6 Å². The summed E-state index contributed by atoms with van der Waals surface area (Å²) in [7, 11) is 0. The zero-order valence-corrected chi connectivity index (χ0v) is 14.5. The van der Waals surface area contributed by atoms with Crippen molar-refractivity contribution >= 4 is 24.2 Å². The molecule has 0 bridgehead atoms. The third-order valence-electron chi connectivity index (χ3n) is 3.26.